The van der Waals surface area contributed by atoms with Gasteiger partial charge in [-0.3, -0.25) is 5.10 Å². The molecule has 0 radical (unpaired) electrons. The van der Waals surface area contributed by atoms with E-state index >= 15 is 0 Å². The Kier molecular flexibility index (Phi) is 20.7. The van der Waals surface area contributed by atoms with E-state index < -0.39 is 72.5 Å². The monoisotopic (exact) mass is 1260 g/mol. The molecule has 3 aromatic carbocycles. The molecule has 0 aliphatic rings. The van der Waals surface area contributed by atoms with Crippen molar-refractivity contribution >= 4 is 111 Å². The number of benzene rings is 3. The molecule has 0 bridgehead atoms. The van der Waals surface area contributed by atoms with Gasteiger partial charge in [0.05, 0.1) is 39.4 Å². The van der Waals surface area contributed by atoms with Crippen LogP contribution in [0.1, 0.15) is 79.4 Å². The van der Waals surface area contributed by atoms with E-state index in [1.54, 1.807) is 74.4 Å². The molecule has 27 heteroatoms. The first-order valence-electron chi connectivity index (χ1n) is 20.0. The molecule has 3 aromatic heterocycles. The van der Waals surface area contributed by atoms with Crippen LogP contribution < -0.4 is 15.6 Å². The van der Waals surface area contributed by atoms with E-state index in [0.29, 0.717) is 48.0 Å². The van der Waals surface area contributed by atoms with Gasteiger partial charge in [-0.15, -0.1) is 0 Å². The SMILES string of the molecule is CC(C)(C)OC(=O)NS(=O)(=O)CCc1nn(C(=O)OC(C)(C)C)c2cc(F)ccc12.CC(C)(C)OC(=O)n1nc(CN)c2ccc(F)cc21.NS(=O)(=O)CCc1[nH]nc2cc(F)ccc12.[I][V][I]. The van der Waals surface area contributed by atoms with Gasteiger partial charge in [-0.25, -0.2) is 54.3 Å². The summed E-state index contributed by atoms with van der Waals surface area (Å²) in [5.41, 5.74) is 5.66. The standard InChI is InChI=1S/C19H26FN3O6S.C13H16FN3O2.C9H10FN3O2S.2HI.V/c1-18(2,3)28-16(24)22-30(26,27)10-9-14-13-8-7-12(20)11-15(13)23(21-14)17(25)29-19(4,5)6;1-13(2,3)19-12(18)17-11-6-8(14)4-5-9(11)10(7-15)16-17;10-6-1-2-7-8(3-4-16(11,14)15)12-13-9(7)5-6;;;/h7-8,11H,9-10H2,1-6H3,(H,22,24);4-6H,7,15H2,1-3H3;1-2,5H,3-4H2,(H,12,13)(H2,11,14,15);2*1H;/q;;;;;+2/p-2. The zero-order valence-electron chi connectivity index (χ0n) is 38.4. The minimum atomic E-state index is -4.03. The molecule has 0 spiro atoms. The molecular weight excluding hydrogens is 1200 g/mol. The Balaban J connectivity index is 0.000000277. The van der Waals surface area contributed by atoms with E-state index in [2.05, 4.69) is 60.4 Å². The first-order valence-corrected chi connectivity index (χ1v) is 32.4. The fourth-order valence-electron chi connectivity index (χ4n) is 5.71. The minimum absolute atomic E-state index is 0.129. The van der Waals surface area contributed by atoms with Gasteiger partial charge in [0.25, 0.3) is 0 Å². The number of nitrogens with two attached hydrogens (primary N) is 2. The molecule has 19 nitrogen and oxygen atoms in total. The number of aryl methyl sites for hydroxylation is 2. The zero-order chi connectivity index (χ0) is 51.6. The second-order valence-electron chi connectivity index (χ2n) is 17.4. The summed E-state index contributed by atoms with van der Waals surface area (Å²) in [7, 11) is -6.90. The van der Waals surface area contributed by atoms with Crippen molar-refractivity contribution in [3.8, 4) is 0 Å². The van der Waals surface area contributed by atoms with Crippen molar-refractivity contribution in [3.05, 3.63) is 89.1 Å². The van der Waals surface area contributed by atoms with E-state index in [-0.39, 0.29) is 42.2 Å². The Hall–Kier alpha value is -4.07. The van der Waals surface area contributed by atoms with E-state index in [0.717, 1.165) is 15.4 Å². The second kappa shape index (κ2) is 24.2. The third-order valence-electron chi connectivity index (χ3n) is 8.24. The van der Waals surface area contributed by atoms with Gasteiger partial charge in [0.15, 0.2) is 0 Å². The Morgan fingerprint density at radius 2 is 1.12 bits per heavy atom. The summed E-state index contributed by atoms with van der Waals surface area (Å²) in [4.78, 5) is 36.2. The molecule has 373 valence electrons. The second-order valence-corrected chi connectivity index (χ2v) is 32.8. The van der Waals surface area contributed by atoms with Crippen molar-refractivity contribution in [1.29, 1.82) is 0 Å². The Morgan fingerprint density at radius 3 is 1.56 bits per heavy atom. The quantitative estimate of drug-likeness (QED) is 0.0829. The van der Waals surface area contributed by atoms with Crippen molar-refractivity contribution in [3.63, 3.8) is 0 Å². The summed E-state index contributed by atoms with van der Waals surface area (Å²) in [5, 5.41) is 21.4. The van der Waals surface area contributed by atoms with Crippen LogP contribution in [-0.2, 0) is 63.1 Å². The average Bonchev–Trinajstić information content (AvgIpc) is 3.87. The number of nitrogens with one attached hydrogen (secondary N) is 2. The van der Waals surface area contributed by atoms with Crippen LogP contribution in [-0.4, -0.2) is 93.2 Å². The van der Waals surface area contributed by atoms with Crippen molar-refractivity contribution in [1.82, 2.24) is 34.5 Å². The molecular formula is C41H52F3I2N9O10S2V. The summed E-state index contributed by atoms with van der Waals surface area (Å²) in [6.07, 6.45) is -2.45. The molecule has 0 aliphatic heterocycles. The predicted octanol–water partition coefficient (Wildman–Crippen LogP) is 8.07. The van der Waals surface area contributed by atoms with Crippen molar-refractivity contribution < 1.29 is 68.1 Å². The van der Waals surface area contributed by atoms with Crippen molar-refractivity contribution in [2.75, 3.05) is 11.5 Å². The molecule has 0 atom stereocenters. The number of carbonyl (C=O) groups excluding carboxylic acids is 3. The van der Waals surface area contributed by atoms with Gasteiger partial charge in [-0.1, -0.05) is 0 Å². The summed E-state index contributed by atoms with van der Waals surface area (Å²) in [6.45, 7) is 15.3. The number of hydrogen-bond acceptors (Lipinski definition) is 14. The fourth-order valence-corrected chi connectivity index (χ4v) is 7.06. The number of amides is 1. The third-order valence-corrected chi connectivity index (χ3v) is 10.2. The summed E-state index contributed by atoms with van der Waals surface area (Å²) in [6, 6.07) is 12.0. The molecule has 0 unspecified atom stereocenters. The average molecular weight is 1260 g/mol. The number of carbonyl (C=O) groups is 3. The zero-order valence-corrected chi connectivity index (χ0v) is 45.7. The normalized spacial score (nSPS) is 11.9. The number of nitrogens with zero attached hydrogens (tertiary/aromatic N) is 5. The van der Waals surface area contributed by atoms with Gasteiger partial charge in [-0.2, -0.15) is 24.7 Å². The first kappa shape index (κ1) is 58.2. The third kappa shape index (κ3) is 19.0. The molecule has 0 saturated heterocycles. The number of aromatic nitrogens is 6. The van der Waals surface area contributed by atoms with Crippen LogP contribution in [0.5, 0.6) is 0 Å². The van der Waals surface area contributed by atoms with E-state index in [4.69, 9.17) is 25.1 Å². The Labute approximate surface area is 420 Å². The van der Waals surface area contributed by atoms with Gasteiger partial charge >= 0.3 is 67.7 Å². The van der Waals surface area contributed by atoms with Crippen LogP contribution in [0.15, 0.2) is 54.6 Å². The number of sulfonamides is 2. The van der Waals surface area contributed by atoms with Gasteiger partial charge in [0.1, 0.15) is 34.3 Å². The Bertz CT molecular complexity index is 2970. The molecule has 68 heavy (non-hydrogen) atoms. The molecule has 3 heterocycles. The summed E-state index contributed by atoms with van der Waals surface area (Å²) >= 11 is 4.74. The van der Waals surface area contributed by atoms with Gasteiger partial charge in [-0.05, 0) is 98.7 Å². The van der Waals surface area contributed by atoms with E-state index in [9.17, 15) is 44.4 Å². The number of halogens is 5. The molecule has 0 aliphatic carbocycles. The topological polar surface area (TPSA) is 276 Å². The van der Waals surface area contributed by atoms with Crippen LogP contribution in [0.3, 0.4) is 0 Å². The number of ether oxygens (including phenoxy) is 3. The van der Waals surface area contributed by atoms with Crippen LogP contribution in [0, 0.1) is 17.5 Å². The number of H-pyrrole nitrogens is 1. The maximum atomic E-state index is 13.7. The molecule has 0 saturated carbocycles. The van der Waals surface area contributed by atoms with Crippen LogP contribution in [0.25, 0.3) is 32.7 Å². The molecule has 6 N–H and O–H groups in total. The van der Waals surface area contributed by atoms with Gasteiger partial charge in [0.2, 0.25) is 20.0 Å². The number of primary sulfonamides is 1. The molecule has 6 aromatic rings. The first-order chi connectivity index (χ1) is 31.2. The number of hydrogen-bond donors (Lipinski definition) is 4. The van der Waals surface area contributed by atoms with Crippen LogP contribution >= 0.6 is 40.0 Å². The van der Waals surface area contributed by atoms with E-state index in [1.807, 2.05) is 4.72 Å². The summed E-state index contributed by atoms with van der Waals surface area (Å²) < 4.78 is 105. The van der Waals surface area contributed by atoms with E-state index in [1.165, 1.54) is 36.4 Å². The van der Waals surface area contributed by atoms with Crippen LogP contribution in [0.4, 0.5) is 27.6 Å². The Morgan fingerprint density at radius 1 is 0.691 bits per heavy atom. The van der Waals surface area contributed by atoms with Gasteiger partial charge < -0.3 is 19.9 Å². The predicted molar refractivity (Wildman–Crippen MR) is 263 cm³/mol. The molecule has 1 amide bonds. The maximum absolute atomic E-state index is 13.7. The number of fused-ring (bicyclic) bond motifs is 3. The van der Waals surface area contributed by atoms with Crippen molar-refractivity contribution in [2.45, 2.75) is 98.5 Å². The fraction of sp³-hybridized carbons (Fsp3) is 0.415. The number of rotatable bonds is 8. The van der Waals surface area contributed by atoms with Crippen molar-refractivity contribution in [2.24, 2.45) is 10.9 Å². The van der Waals surface area contributed by atoms with Crippen LogP contribution in [0.2, 0.25) is 0 Å². The summed E-state index contributed by atoms with van der Waals surface area (Å²) in [5.74, 6) is -2.07. The van der Waals surface area contributed by atoms with Gasteiger partial charge in [0, 0.05) is 59.4 Å². The molecule has 6 rings (SSSR count). The number of aromatic amines is 1. The molecule has 0 fully saturated rings.